The first-order valence-corrected chi connectivity index (χ1v) is 7.21. The summed E-state index contributed by atoms with van der Waals surface area (Å²) in [6.45, 7) is 3.79. The summed E-state index contributed by atoms with van der Waals surface area (Å²) in [5, 5.41) is 8.70. The van der Waals surface area contributed by atoms with Crippen molar-refractivity contribution in [3.8, 4) is 6.07 Å². The summed E-state index contributed by atoms with van der Waals surface area (Å²) in [4.78, 5) is 0.0180. The van der Waals surface area contributed by atoms with E-state index < -0.39 is 10.0 Å². The van der Waals surface area contributed by atoms with Gasteiger partial charge in [0.1, 0.15) is 4.90 Å². The molecule has 0 bridgehead atoms. The molecule has 1 rings (SSSR count). The lowest BCUT2D eigenvalue weighted by Crippen LogP contribution is -2.32. The Morgan fingerprint density at radius 2 is 2.17 bits per heavy atom. The van der Waals surface area contributed by atoms with Crippen LogP contribution in [0.5, 0.6) is 0 Å². The van der Waals surface area contributed by atoms with Crippen LogP contribution in [0.15, 0.2) is 23.1 Å². The van der Waals surface area contributed by atoms with Crippen LogP contribution in [0, 0.1) is 11.3 Å². The summed E-state index contributed by atoms with van der Waals surface area (Å²) in [6, 6.07) is 5.92. The largest absolute Gasteiger partial charge is 0.398 e. The number of anilines is 1. The van der Waals surface area contributed by atoms with Crippen molar-refractivity contribution >= 4 is 15.7 Å². The summed E-state index contributed by atoms with van der Waals surface area (Å²) >= 11 is 0. The molecule has 0 spiro atoms. The van der Waals surface area contributed by atoms with Gasteiger partial charge in [0.05, 0.1) is 17.3 Å². The van der Waals surface area contributed by atoms with E-state index in [0.717, 1.165) is 12.8 Å². The average molecular weight is 267 g/mol. The predicted molar refractivity (Wildman–Crippen MR) is 70.3 cm³/mol. The lowest BCUT2D eigenvalue weighted by atomic mass is 10.2. The first-order valence-electron chi connectivity index (χ1n) is 5.72. The number of hydrogen-bond donors (Lipinski definition) is 2. The van der Waals surface area contributed by atoms with Crippen LogP contribution < -0.4 is 10.5 Å². The highest BCUT2D eigenvalue weighted by Gasteiger charge is 2.19. The number of nitrogens with two attached hydrogens (primary N) is 1. The number of nitrogen functional groups attached to an aromatic ring is 1. The van der Waals surface area contributed by atoms with Gasteiger partial charge in [0.15, 0.2) is 0 Å². The van der Waals surface area contributed by atoms with E-state index >= 15 is 0 Å². The van der Waals surface area contributed by atoms with E-state index in [1.165, 1.54) is 18.2 Å². The standard InChI is InChI=1S/C12H17N3O2S/c1-3-4-9(2)15-18(16,17)12-6-5-10(8-13)7-11(12)14/h5-7,9,15H,3-4,14H2,1-2H3. The number of hydrogen-bond acceptors (Lipinski definition) is 4. The van der Waals surface area contributed by atoms with Gasteiger partial charge in [-0.1, -0.05) is 13.3 Å². The smallest absolute Gasteiger partial charge is 0.242 e. The van der Waals surface area contributed by atoms with E-state index in [1.807, 2.05) is 13.0 Å². The second kappa shape index (κ2) is 5.85. The van der Waals surface area contributed by atoms with Crippen LogP contribution >= 0.6 is 0 Å². The maximum absolute atomic E-state index is 12.1. The monoisotopic (exact) mass is 267 g/mol. The molecule has 0 aliphatic heterocycles. The molecule has 98 valence electrons. The minimum absolute atomic E-state index is 0.0180. The molecule has 0 saturated carbocycles. The average Bonchev–Trinajstić information content (AvgIpc) is 2.27. The maximum Gasteiger partial charge on any atom is 0.242 e. The molecule has 3 N–H and O–H groups in total. The van der Waals surface area contributed by atoms with Crippen molar-refractivity contribution in [1.82, 2.24) is 4.72 Å². The quantitative estimate of drug-likeness (QED) is 0.792. The van der Waals surface area contributed by atoms with Crippen LogP contribution in [0.3, 0.4) is 0 Å². The Morgan fingerprint density at radius 1 is 1.50 bits per heavy atom. The van der Waals surface area contributed by atoms with Crippen molar-refractivity contribution in [2.45, 2.75) is 37.6 Å². The lowest BCUT2D eigenvalue weighted by molar-refractivity contribution is 0.544. The van der Waals surface area contributed by atoms with Crippen LogP contribution in [0.1, 0.15) is 32.3 Å². The molecule has 0 saturated heterocycles. The molecule has 0 radical (unpaired) electrons. The van der Waals surface area contributed by atoms with E-state index in [2.05, 4.69) is 4.72 Å². The highest BCUT2D eigenvalue weighted by molar-refractivity contribution is 7.89. The topological polar surface area (TPSA) is 96.0 Å². The summed E-state index contributed by atoms with van der Waals surface area (Å²) in [5.74, 6) is 0. The molecule has 1 aromatic carbocycles. The maximum atomic E-state index is 12.1. The van der Waals surface area contributed by atoms with Crippen molar-refractivity contribution in [2.75, 3.05) is 5.73 Å². The third-order valence-corrected chi connectivity index (χ3v) is 4.17. The van der Waals surface area contributed by atoms with Gasteiger partial charge in [0.2, 0.25) is 10.0 Å². The van der Waals surface area contributed by atoms with Gasteiger partial charge in [-0.25, -0.2) is 13.1 Å². The molecule has 1 aromatic rings. The zero-order valence-corrected chi connectivity index (χ0v) is 11.3. The van der Waals surface area contributed by atoms with Crippen LogP contribution in [0.25, 0.3) is 0 Å². The number of rotatable bonds is 5. The molecule has 18 heavy (non-hydrogen) atoms. The molecule has 0 aliphatic rings. The van der Waals surface area contributed by atoms with Crippen molar-refractivity contribution in [3.63, 3.8) is 0 Å². The van der Waals surface area contributed by atoms with E-state index in [9.17, 15) is 8.42 Å². The van der Waals surface area contributed by atoms with Crippen LogP contribution in [-0.4, -0.2) is 14.5 Å². The van der Waals surface area contributed by atoms with Crippen molar-refractivity contribution in [2.24, 2.45) is 0 Å². The fourth-order valence-electron chi connectivity index (χ4n) is 1.68. The Balaban J connectivity index is 3.03. The molecule has 0 heterocycles. The summed E-state index contributed by atoms with van der Waals surface area (Å²) < 4.78 is 26.7. The second-order valence-electron chi connectivity index (χ2n) is 4.18. The minimum atomic E-state index is -3.62. The fraction of sp³-hybridized carbons (Fsp3) is 0.417. The number of nitriles is 1. The van der Waals surface area contributed by atoms with Gasteiger partial charge >= 0.3 is 0 Å². The molecule has 0 amide bonds. The summed E-state index contributed by atoms with van der Waals surface area (Å²) in [5.41, 5.74) is 6.09. The Kier molecular flexibility index (Phi) is 4.70. The van der Waals surface area contributed by atoms with Crippen LogP contribution in [-0.2, 0) is 10.0 Å². The SMILES string of the molecule is CCCC(C)NS(=O)(=O)c1ccc(C#N)cc1N. The molecule has 6 heteroatoms. The van der Waals surface area contributed by atoms with Gasteiger partial charge in [-0.2, -0.15) is 5.26 Å². The van der Waals surface area contributed by atoms with Gasteiger partial charge in [0.25, 0.3) is 0 Å². The fourth-order valence-corrected chi connectivity index (χ4v) is 3.07. The lowest BCUT2D eigenvalue weighted by Gasteiger charge is -2.14. The molecule has 1 atom stereocenters. The number of nitrogens with one attached hydrogen (secondary N) is 1. The highest BCUT2D eigenvalue weighted by Crippen LogP contribution is 2.20. The van der Waals surface area contributed by atoms with E-state index in [0.29, 0.717) is 5.56 Å². The van der Waals surface area contributed by atoms with Gasteiger partial charge in [-0.15, -0.1) is 0 Å². The Hall–Kier alpha value is -1.58. The third-order valence-electron chi connectivity index (χ3n) is 2.51. The zero-order chi connectivity index (χ0) is 13.8. The molecule has 0 fully saturated rings. The van der Waals surface area contributed by atoms with Crippen LogP contribution in [0.2, 0.25) is 0 Å². The minimum Gasteiger partial charge on any atom is -0.398 e. The Bertz CT molecular complexity index is 561. The van der Waals surface area contributed by atoms with Crippen molar-refractivity contribution in [3.05, 3.63) is 23.8 Å². The Morgan fingerprint density at radius 3 is 2.67 bits per heavy atom. The molecule has 0 aliphatic carbocycles. The van der Waals surface area contributed by atoms with Gasteiger partial charge < -0.3 is 5.73 Å². The van der Waals surface area contributed by atoms with Gasteiger partial charge in [0, 0.05) is 6.04 Å². The number of sulfonamides is 1. The van der Waals surface area contributed by atoms with E-state index in [-0.39, 0.29) is 16.6 Å². The normalized spacial score (nSPS) is 12.9. The molecular formula is C12H17N3O2S. The van der Waals surface area contributed by atoms with Crippen LogP contribution in [0.4, 0.5) is 5.69 Å². The number of benzene rings is 1. The Labute approximate surface area is 108 Å². The molecule has 0 aromatic heterocycles. The van der Waals surface area contributed by atoms with E-state index in [1.54, 1.807) is 6.92 Å². The summed E-state index contributed by atoms with van der Waals surface area (Å²) in [7, 11) is -3.62. The van der Waals surface area contributed by atoms with Gasteiger partial charge in [-0.3, -0.25) is 0 Å². The molecular weight excluding hydrogens is 250 g/mol. The molecule has 1 unspecified atom stereocenters. The van der Waals surface area contributed by atoms with Gasteiger partial charge in [-0.05, 0) is 31.5 Å². The first-order chi connectivity index (χ1) is 8.40. The second-order valence-corrected chi connectivity index (χ2v) is 5.86. The first kappa shape index (κ1) is 14.5. The number of nitrogens with zero attached hydrogens (tertiary/aromatic N) is 1. The van der Waals surface area contributed by atoms with Crippen molar-refractivity contribution in [1.29, 1.82) is 5.26 Å². The van der Waals surface area contributed by atoms with Crippen molar-refractivity contribution < 1.29 is 8.42 Å². The zero-order valence-electron chi connectivity index (χ0n) is 10.5. The highest BCUT2D eigenvalue weighted by atomic mass is 32.2. The predicted octanol–water partition coefficient (Wildman–Crippen LogP) is 1.61. The molecule has 5 nitrogen and oxygen atoms in total. The van der Waals surface area contributed by atoms with E-state index in [4.69, 9.17) is 11.0 Å². The summed E-state index contributed by atoms with van der Waals surface area (Å²) in [6.07, 6.45) is 1.65. The third kappa shape index (κ3) is 3.45.